The lowest BCUT2D eigenvalue weighted by atomic mass is 9.87. The van der Waals surface area contributed by atoms with E-state index < -0.39 is 0 Å². The number of nitrogens with zero attached hydrogens (tertiary/aromatic N) is 1. The molecule has 5 nitrogen and oxygen atoms in total. The fourth-order valence-electron chi connectivity index (χ4n) is 2.99. The van der Waals surface area contributed by atoms with E-state index in [4.69, 9.17) is 9.15 Å². The van der Waals surface area contributed by atoms with Crippen LogP contribution in [0.15, 0.2) is 22.6 Å². The molecule has 0 radical (unpaired) electrons. The van der Waals surface area contributed by atoms with Crippen LogP contribution in [0, 0.1) is 5.92 Å². The van der Waals surface area contributed by atoms with Crippen molar-refractivity contribution in [1.82, 2.24) is 10.3 Å². The number of rotatable bonds is 4. The number of hydrogen-bond donors (Lipinski definition) is 1. The Kier molecular flexibility index (Phi) is 4.90. The number of nitrogens with one attached hydrogen (secondary N) is 1. The normalized spacial score (nSPS) is 18.7. The Hall–Kier alpha value is -1.88. The molecule has 2 heterocycles. The van der Waals surface area contributed by atoms with Gasteiger partial charge >= 0.3 is 0 Å². The average molecular weight is 330 g/mol. The van der Waals surface area contributed by atoms with Crippen molar-refractivity contribution in [2.75, 3.05) is 13.2 Å². The average Bonchev–Trinajstić information content (AvgIpc) is 2.95. The molecule has 3 rings (SSSR count). The van der Waals surface area contributed by atoms with E-state index in [0.29, 0.717) is 31.4 Å². The molecule has 1 aliphatic rings. The highest BCUT2D eigenvalue weighted by Crippen LogP contribution is 2.26. The Morgan fingerprint density at radius 1 is 1.38 bits per heavy atom. The molecule has 5 heteroatoms. The first-order valence-corrected chi connectivity index (χ1v) is 8.66. The summed E-state index contributed by atoms with van der Waals surface area (Å²) in [5.41, 5.74) is 2.89. The van der Waals surface area contributed by atoms with E-state index in [-0.39, 0.29) is 11.3 Å². The number of carbonyl (C=O) groups is 1. The van der Waals surface area contributed by atoms with Crippen molar-refractivity contribution in [3.8, 4) is 0 Å². The molecule has 0 saturated carbocycles. The van der Waals surface area contributed by atoms with Crippen LogP contribution in [0.5, 0.6) is 0 Å². The lowest BCUT2D eigenvalue weighted by Gasteiger charge is -2.21. The number of hydrogen-bond acceptors (Lipinski definition) is 4. The maximum atomic E-state index is 12.0. The number of aromatic nitrogens is 1. The lowest BCUT2D eigenvalue weighted by Crippen LogP contribution is -2.28. The van der Waals surface area contributed by atoms with E-state index in [1.54, 1.807) is 0 Å². The molecule has 0 unspecified atom stereocenters. The minimum Gasteiger partial charge on any atom is -0.439 e. The SMILES string of the molecule is CC(C)(C)c1ccc2oc(CNC(=O)C[C@H]3CCCOC3)nc2c1. The van der Waals surface area contributed by atoms with Gasteiger partial charge in [-0.25, -0.2) is 4.98 Å². The first-order chi connectivity index (χ1) is 11.4. The molecular formula is C19H26N2O3. The van der Waals surface area contributed by atoms with Gasteiger partial charge in [-0.3, -0.25) is 4.79 Å². The summed E-state index contributed by atoms with van der Waals surface area (Å²) < 4.78 is 11.1. The smallest absolute Gasteiger partial charge is 0.220 e. The van der Waals surface area contributed by atoms with E-state index in [2.05, 4.69) is 43.2 Å². The summed E-state index contributed by atoms with van der Waals surface area (Å²) in [7, 11) is 0. The first-order valence-electron chi connectivity index (χ1n) is 8.66. The van der Waals surface area contributed by atoms with Crippen molar-refractivity contribution in [2.24, 2.45) is 5.92 Å². The zero-order valence-electron chi connectivity index (χ0n) is 14.7. The van der Waals surface area contributed by atoms with Gasteiger partial charge in [-0.2, -0.15) is 0 Å². The van der Waals surface area contributed by atoms with E-state index >= 15 is 0 Å². The van der Waals surface area contributed by atoms with Gasteiger partial charge in [-0.05, 0) is 41.9 Å². The fraction of sp³-hybridized carbons (Fsp3) is 0.579. The molecule has 0 spiro atoms. The quantitative estimate of drug-likeness (QED) is 0.931. The van der Waals surface area contributed by atoms with Crippen molar-refractivity contribution in [3.63, 3.8) is 0 Å². The number of fused-ring (bicyclic) bond motifs is 1. The van der Waals surface area contributed by atoms with Crippen LogP contribution < -0.4 is 5.32 Å². The van der Waals surface area contributed by atoms with Gasteiger partial charge in [0, 0.05) is 19.6 Å². The van der Waals surface area contributed by atoms with Gasteiger partial charge in [0.25, 0.3) is 0 Å². The van der Waals surface area contributed by atoms with Crippen molar-refractivity contribution >= 4 is 17.0 Å². The van der Waals surface area contributed by atoms with E-state index in [0.717, 1.165) is 30.5 Å². The predicted molar refractivity (Wildman–Crippen MR) is 92.7 cm³/mol. The zero-order valence-corrected chi connectivity index (χ0v) is 14.7. The van der Waals surface area contributed by atoms with Gasteiger partial charge in [0.2, 0.25) is 11.8 Å². The van der Waals surface area contributed by atoms with Crippen LogP contribution in [0.4, 0.5) is 0 Å². The van der Waals surface area contributed by atoms with Gasteiger partial charge in [-0.1, -0.05) is 26.8 Å². The van der Waals surface area contributed by atoms with Crippen molar-refractivity contribution in [3.05, 3.63) is 29.7 Å². The van der Waals surface area contributed by atoms with Crippen LogP contribution in [0.1, 0.15) is 51.5 Å². The molecular weight excluding hydrogens is 304 g/mol. The molecule has 1 atom stereocenters. The molecule has 0 bridgehead atoms. The molecule has 1 aliphatic heterocycles. The predicted octanol–water partition coefficient (Wildman–Crippen LogP) is 3.56. The highest BCUT2D eigenvalue weighted by atomic mass is 16.5. The topological polar surface area (TPSA) is 64.4 Å². The maximum Gasteiger partial charge on any atom is 0.220 e. The molecule has 130 valence electrons. The summed E-state index contributed by atoms with van der Waals surface area (Å²) in [6, 6.07) is 6.08. The van der Waals surface area contributed by atoms with Crippen LogP contribution in [0.2, 0.25) is 0 Å². The summed E-state index contributed by atoms with van der Waals surface area (Å²) >= 11 is 0. The summed E-state index contributed by atoms with van der Waals surface area (Å²) in [4.78, 5) is 16.5. The molecule has 1 aromatic carbocycles. The Labute approximate surface area is 142 Å². The first kappa shape index (κ1) is 17.0. The second kappa shape index (κ2) is 6.93. The summed E-state index contributed by atoms with van der Waals surface area (Å²) in [6.45, 7) is 8.34. The van der Waals surface area contributed by atoms with Crippen LogP contribution in [0.3, 0.4) is 0 Å². The number of ether oxygens (including phenoxy) is 1. The largest absolute Gasteiger partial charge is 0.439 e. The van der Waals surface area contributed by atoms with Crippen LogP contribution in [-0.4, -0.2) is 24.1 Å². The summed E-state index contributed by atoms with van der Waals surface area (Å²) in [6.07, 6.45) is 2.61. The minimum absolute atomic E-state index is 0.0307. The third-order valence-corrected chi connectivity index (χ3v) is 4.46. The van der Waals surface area contributed by atoms with Gasteiger partial charge in [0.1, 0.15) is 5.52 Å². The van der Waals surface area contributed by atoms with Gasteiger partial charge in [0.15, 0.2) is 5.58 Å². The summed E-state index contributed by atoms with van der Waals surface area (Å²) in [5, 5.41) is 2.90. The highest BCUT2D eigenvalue weighted by molar-refractivity contribution is 5.76. The van der Waals surface area contributed by atoms with Gasteiger partial charge in [0.05, 0.1) is 6.54 Å². The van der Waals surface area contributed by atoms with Crippen molar-refractivity contribution < 1.29 is 13.9 Å². The van der Waals surface area contributed by atoms with Gasteiger partial charge in [-0.15, -0.1) is 0 Å². The Morgan fingerprint density at radius 2 is 2.21 bits per heavy atom. The third kappa shape index (κ3) is 4.15. The van der Waals surface area contributed by atoms with E-state index in [1.165, 1.54) is 5.56 Å². The van der Waals surface area contributed by atoms with Crippen LogP contribution in [0.25, 0.3) is 11.1 Å². The lowest BCUT2D eigenvalue weighted by molar-refractivity contribution is -0.123. The fourth-order valence-corrected chi connectivity index (χ4v) is 2.99. The Balaban J connectivity index is 1.59. The molecule has 1 saturated heterocycles. The Bertz CT molecular complexity index is 709. The molecule has 1 aromatic heterocycles. The Morgan fingerprint density at radius 3 is 2.92 bits per heavy atom. The van der Waals surface area contributed by atoms with E-state index in [9.17, 15) is 4.79 Å². The third-order valence-electron chi connectivity index (χ3n) is 4.46. The van der Waals surface area contributed by atoms with Crippen LogP contribution >= 0.6 is 0 Å². The van der Waals surface area contributed by atoms with Crippen LogP contribution in [-0.2, 0) is 21.5 Å². The summed E-state index contributed by atoms with van der Waals surface area (Å²) in [5.74, 6) is 0.907. The van der Waals surface area contributed by atoms with Gasteiger partial charge < -0.3 is 14.5 Å². The second-order valence-electron chi connectivity index (χ2n) is 7.60. The number of oxazole rings is 1. The number of carbonyl (C=O) groups excluding carboxylic acids is 1. The minimum atomic E-state index is 0.0307. The number of amides is 1. The molecule has 2 aromatic rings. The second-order valence-corrected chi connectivity index (χ2v) is 7.60. The molecule has 24 heavy (non-hydrogen) atoms. The van der Waals surface area contributed by atoms with E-state index in [1.807, 2.05) is 6.07 Å². The zero-order chi connectivity index (χ0) is 17.2. The molecule has 1 amide bonds. The maximum absolute atomic E-state index is 12.0. The number of benzene rings is 1. The highest BCUT2D eigenvalue weighted by Gasteiger charge is 2.18. The molecule has 1 N–H and O–H groups in total. The molecule has 1 fully saturated rings. The van der Waals surface area contributed by atoms with Crippen molar-refractivity contribution in [2.45, 2.75) is 52.0 Å². The monoisotopic (exact) mass is 330 g/mol. The molecule has 0 aliphatic carbocycles. The standard InChI is InChI=1S/C19H26N2O3/c1-19(2,3)14-6-7-16-15(10-14)21-18(24-16)11-20-17(22)9-13-5-4-8-23-12-13/h6-7,10,13H,4-5,8-9,11-12H2,1-3H3,(H,20,22)/t13-/m1/s1. The van der Waals surface area contributed by atoms with Crippen molar-refractivity contribution in [1.29, 1.82) is 0 Å².